The summed E-state index contributed by atoms with van der Waals surface area (Å²) in [6, 6.07) is 5.01. The summed E-state index contributed by atoms with van der Waals surface area (Å²) in [6.45, 7) is 3.41. The Bertz CT molecular complexity index is 267. The van der Waals surface area contributed by atoms with E-state index in [1.165, 1.54) is 24.8 Å². The van der Waals surface area contributed by atoms with Crippen molar-refractivity contribution >= 4 is 0 Å². The average Bonchev–Trinajstić information content (AvgIpc) is 3.03. The zero-order valence-corrected chi connectivity index (χ0v) is 8.74. The molecule has 0 aromatic carbocycles. The van der Waals surface area contributed by atoms with Gasteiger partial charge in [0.25, 0.3) is 0 Å². The first-order chi connectivity index (χ1) is 6.86. The molecule has 1 saturated carbocycles. The average molecular weight is 190 g/mol. The van der Waals surface area contributed by atoms with Gasteiger partial charge in [0.2, 0.25) is 0 Å². The van der Waals surface area contributed by atoms with Crippen molar-refractivity contribution in [3.05, 3.63) is 30.1 Å². The van der Waals surface area contributed by atoms with Crippen LogP contribution in [0.15, 0.2) is 24.5 Å². The SMILES string of the molecule is CC(CCNC1CC1)c1cccnc1. The molecule has 0 radical (unpaired) electrons. The van der Waals surface area contributed by atoms with E-state index in [1.54, 1.807) is 0 Å². The van der Waals surface area contributed by atoms with E-state index in [9.17, 15) is 0 Å². The molecule has 1 atom stereocenters. The minimum Gasteiger partial charge on any atom is -0.314 e. The number of hydrogen-bond acceptors (Lipinski definition) is 2. The zero-order chi connectivity index (χ0) is 9.80. The van der Waals surface area contributed by atoms with E-state index in [2.05, 4.69) is 23.3 Å². The van der Waals surface area contributed by atoms with Crippen molar-refractivity contribution in [2.24, 2.45) is 0 Å². The van der Waals surface area contributed by atoms with Gasteiger partial charge >= 0.3 is 0 Å². The summed E-state index contributed by atoms with van der Waals surface area (Å²) in [5.74, 6) is 0.620. The predicted molar refractivity (Wildman–Crippen MR) is 58.3 cm³/mol. The molecule has 0 aliphatic heterocycles. The molecule has 76 valence electrons. The first-order valence-corrected chi connectivity index (χ1v) is 5.49. The maximum Gasteiger partial charge on any atom is 0.0302 e. The van der Waals surface area contributed by atoms with Gasteiger partial charge in [-0.15, -0.1) is 0 Å². The van der Waals surface area contributed by atoms with Crippen molar-refractivity contribution in [1.29, 1.82) is 0 Å². The molecule has 1 aromatic rings. The van der Waals surface area contributed by atoms with Crippen LogP contribution < -0.4 is 5.32 Å². The number of nitrogens with one attached hydrogen (secondary N) is 1. The number of aromatic nitrogens is 1. The molecule has 1 unspecified atom stereocenters. The number of pyridine rings is 1. The van der Waals surface area contributed by atoms with Crippen LogP contribution in [0.5, 0.6) is 0 Å². The minimum atomic E-state index is 0.620. The monoisotopic (exact) mass is 190 g/mol. The van der Waals surface area contributed by atoms with Gasteiger partial charge in [0, 0.05) is 18.4 Å². The van der Waals surface area contributed by atoms with Gasteiger partial charge in [0.1, 0.15) is 0 Å². The van der Waals surface area contributed by atoms with Crippen LogP contribution in [0.4, 0.5) is 0 Å². The Morgan fingerprint density at radius 3 is 3.07 bits per heavy atom. The van der Waals surface area contributed by atoms with Crippen LogP contribution in [0.3, 0.4) is 0 Å². The van der Waals surface area contributed by atoms with Crippen molar-refractivity contribution in [1.82, 2.24) is 10.3 Å². The van der Waals surface area contributed by atoms with Crippen LogP contribution in [0, 0.1) is 0 Å². The highest BCUT2D eigenvalue weighted by Gasteiger charge is 2.20. The summed E-state index contributed by atoms with van der Waals surface area (Å²) in [5, 5.41) is 3.54. The second-order valence-electron chi connectivity index (χ2n) is 4.20. The number of nitrogens with zero attached hydrogens (tertiary/aromatic N) is 1. The minimum absolute atomic E-state index is 0.620. The van der Waals surface area contributed by atoms with Crippen LogP contribution in [-0.2, 0) is 0 Å². The summed E-state index contributed by atoms with van der Waals surface area (Å²) in [6.07, 6.45) is 7.77. The molecular formula is C12H18N2. The molecule has 0 bridgehead atoms. The van der Waals surface area contributed by atoms with Gasteiger partial charge in [0.15, 0.2) is 0 Å². The molecule has 0 amide bonds. The highest BCUT2D eigenvalue weighted by Crippen LogP contribution is 2.20. The Hall–Kier alpha value is -0.890. The molecule has 1 aromatic heterocycles. The second-order valence-corrected chi connectivity index (χ2v) is 4.20. The van der Waals surface area contributed by atoms with E-state index in [-0.39, 0.29) is 0 Å². The summed E-state index contributed by atoms with van der Waals surface area (Å²) >= 11 is 0. The van der Waals surface area contributed by atoms with E-state index in [1.807, 2.05) is 18.5 Å². The Morgan fingerprint density at radius 1 is 1.57 bits per heavy atom. The second kappa shape index (κ2) is 4.56. The fraction of sp³-hybridized carbons (Fsp3) is 0.583. The Kier molecular flexibility index (Phi) is 3.14. The lowest BCUT2D eigenvalue weighted by Crippen LogP contribution is -2.18. The van der Waals surface area contributed by atoms with Crippen LogP contribution in [0.1, 0.15) is 37.7 Å². The molecule has 14 heavy (non-hydrogen) atoms. The van der Waals surface area contributed by atoms with E-state index >= 15 is 0 Å². The smallest absolute Gasteiger partial charge is 0.0302 e. The van der Waals surface area contributed by atoms with E-state index in [0.29, 0.717) is 5.92 Å². The van der Waals surface area contributed by atoms with Crippen molar-refractivity contribution < 1.29 is 0 Å². The summed E-state index contributed by atoms with van der Waals surface area (Å²) in [7, 11) is 0. The largest absolute Gasteiger partial charge is 0.314 e. The van der Waals surface area contributed by atoms with E-state index < -0.39 is 0 Å². The van der Waals surface area contributed by atoms with Gasteiger partial charge in [-0.3, -0.25) is 4.98 Å². The normalized spacial score (nSPS) is 18.1. The molecule has 2 heteroatoms. The Labute approximate surface area is 85.7 Å². The first-order valence-electron chi connectivity index (χ1n) is 5.49. The highest BCUT2D eigenvalue weighted by molar-refractivity contribution is 5.13. The predicted octanol–water partition coefficient (Wildman–Crippen LogP) is 2.33. The standard InChI is InChI=1S/C12H18N2/c1-10(6-8-14-12-4-5-12)11-3-2-7-13-9-11/h2-3,7,9-10,12,14H,4-6,8H2,1H3. The van der Waals surface area contributed by atoms with Crippen LogP contribution >= 0.6 is 0 Å². The van der Waals surface area contributed by atoms with Crippen molar-refractivity contribution in [3.63, 3.8) is 0 Å². The molecule has 0 saturated heterocycles. The summed E-state index contributed by atoms with van der Waals surface area (Å²) in [4.78, 5) is 4.14. The molecule has 2 rings (SSSR count). The third-order valence-corrected chi connectivity index (χ3v) is 2.84. The van der Waals surface area contributed by atoms with E-state index in [4.69, 9.17) is 0 Å². The quantitative estimate of drug-likeness (QED) is 0.770. The van der Waals surface area contributed by atoms with Crippen LogP contribution in [0.25, 0.3) is 0 Å². The first kappa shape index (κ1) is 9.66. The Morgan fingerprint density at radius 2 is 2.43 bits per heavy atom. The molecule has 1 aliphatic rings. The highest BCUT2D eigenvalue weighted by atomic mass is 14.9. The lowest BCUT2D eigenvalue weighted by atomic mass is 10.00. The van der Waals surface area contributed by atoms with Gasteiger partial charge in [-0.25, -0.2) is 0 Å². The molecule has 1 fully saturated rings. The van der Waals surface area contributed by atoms with Gasteiger partial charge in [-0.2, -0.15) is 0 Å². The molecule has 1 N–H and O–H groups in total. The van der Waals surface area contributed by atoms with E-state index in [0.717, 1.165) is 12.6 Å². The lowest BCUT2D eigenvalue weighted by molar-refractivity contribution is 0.591. The lowest BCUT2D eigenvalue weighted by Gasteiger charge is -2.11. The molecule has 0 spiro atoms. The van der Waals surface area contributed by atoms with Crippen LogP contribution in [-0.4, -0.2) is 17.6 Å². The number of hydrogen-bond donors (Lipinski definition) is 1. The molecule has 1 aliphatic carbocycles. The fourth-order valence-electron chi connectivity index (χ4n) is 1.63. The third-order valence-electron chi connectivity index (χ3n) is 2.84. The fourth-order valence-corrected chi connectivity index (χ4v) is 1.63. The van der Waals surface area contributed by atoms with Crippen LogP contribution in [0.2, 0.25) is 0 Å². The summed E-state index contributed by atoms with van der Waals surface area (Å²) < 4.78 is 0. The number of rotatable bonds is 5. The van der Waals surface area contributed by atoms with Gasteiger partial charge in [-0.05, 0) is 43.4 Å². The maximum absolute atomic E-state index is 4.14. The van der Waals surface area contributed by atoms with Gasteiger partial charge < -0.3 is 5.32 Å². The molecule has 2 nitrogen and oxygen atoms in total. The van der Waals surface area contributed by atoms with Crippen molar-refractivity contribution in [2.45, 2.75) is 38.1 Å². The zero-order valence-electron chi connectivity index (χ0n) is 8.74. The summed E-state index contributed by atoms with van der Waals surface area (Å²) in [5.41, 5.74) is 1.35. The van der Waals surface area contributed by atoms with Gasteiger partial charge in [0.05, 0.1) is 0 Å². The van der Waals surface area contributed by atoms with Crippen molar-refractivity contribution in [3.8, 4) is 0 Å². The topological polar surface area (TPSA) is 24.9 Å². The maximum atomic E-state index is 4.14. The Balaban J connectivity index is 1.74. The molecule has 1 heterocycles. The van der Waals surface area contributed by atoms with Gasteiger partial charge in [-0.1, -0.05) is 13.0 Å². The van der Waals surface area contributed by atoms with Crippen molar-refractivity contribution in [2.75, 3.05) is 6.54 Å². The third kappa shape index (κ3) is 2.81. The molecular weight excluding hydrogens is 172 g/mol.